The molecule has 0 radical (unpaired) electrons. The summed E-state index contributed by atoms with van der Waals surface area (Å²) >= 11 is 1.74. The Morgan fingerprint density at radius 2 is 1.64 bits per heavy atom. The second kappa shape index (κ2) is 15.0. The van der Waals surface area contributed by atoms with Gasteiger partial charge < -0.3 is 4.42 Å². The molecule has 0 fully saturated rings. The predicted molar refractivity (Wildman–Crippen MR) is 160 cm³/mol. The van der Waals surface area contributed by atoms with Crippen molar-refractivity contribution in [1.82, 2.24) is 0 Å². The van der Waals surface area contributed by atoms with Gasteiger partial charge in [0.05, 0.1) is 11.5 Å². The first-order chi connectivity index (χ1) is 16.1. The van der Waals surface area contributed by atoms with Gasteiger partial charge in [-0.3, -0.25) is 6.08 Å². The van der Waals surface area contributed by atoms with Crippen LogP contribution in [-0.2, 0) is 28.8 Å². The van der Waals surface area contributed by atoms with Crippen molar-refractivity contribution in [1.29, 1.82) is 0 Å². The summed E-state index contributed by atoms with van der Waals surface area (Å²) in [5.74, 6) is 1.88. The van der Waals surface area contributed by atoms with E-state index in [1.807, 2.05) is 31.2 Å². The summed E-state index contributed by atoms with van der Waals surface area (Å²) < 4.78 is 5.80. The summed E-state index contributed by atoms with van der Waals surface area (Å²) in [7, 11) is 0. The van der Waals surface area contributed by atoms with Crippen molar-refractivity contribution >= 4 is 41.0 Å². The molecule has 3 aromatic carbocycles. The summed E-state index contributed by atoms with van der Waals surface area (Å²) in [6.07, 6.45) is 10.0. The molecule has 5 rings (SSSR count). The summed E-state index contributed by atoms with van der Waals surface area (Å²) in [6.45, 7) is 13.3. The minimum Gasteiger partial charge on any atom is -0.496 e. The molecule has 0 spiro atoms. The number of rotatable bonds is 2. The maximum atomic E-state index is 5.80. The zero-order valence-electron chi connectivity index (χ0n) is 22.0. The largest absolute Gasteiger partial charge is 0.496 e. The third-order valence-electron chi connectivity index (χ3n) is 5.42. The number of hydrogen-bond acceptors (Lipinski definition) is 1. The molecule has 0 unspecified atom stereocenters. The minimum absolute atomic E-state index is 0. The molecule has 0 bridgehead atoms. The number of benzene rings is 2. The van der Waals surface area contributed by atoms with E-state index >= 15 is 0 Å². The Bertz CT molecular complexity index is 1290. The number of fused-ring (bicyclic) bond motifs is 1. The van der Waals surface area contributed by atoms with Crippen molar-refractivity contribution in [2.24, 2.45) is 0 Å². The second-order valence-electron chi connectivity index (χ2n) is 9.79. The quantitative estimate of drug-likeness (QED) is 0.162. The molecule has 0 atom stereocenters. The fraction of sp³-hybridized carbons (Fsp3) is 0.258. The van der Waals surface area contributed by atoms with Gasteiger partial charge in [0.2, 0.25) is 0 Å². The number of furan rings is 1. The average molecular weight is 615 g/mol. The Morgan fingerprint density at radius 1 is 0.972 bits per heavy atom. The van der Waals surface area contributed by atoms with E-state index in [1.54, 1.807) is 23.3 Å². The van der Waals surface area contributed by atoms with E-state index < -0.39 is 0 Å². The standard InChI is InChI=1S/C24H23O.C5H5.C2H6Si.2ClH.Zr/c1-16-8-13-23(25-16)19-14-18-6-5-7-21(22(18)15-19)17-9-11-20(12-10-17)24(2,3)4;1-2-4-5-3-1;1-3-2;;;/h5-15H,1-4H3;1-3H,4H2;1-2H3;2*1H;/q2*-1;;;;+2. The molecule has 1 aliphatic rings. The zero-order valence-corrected chi connectivity index (χ0v) is 27.1. The van der Waals surface area contributed by atoms with Gasteiger partial charge in [0.1, 0.15) is 0 Å². The van der Waals surface area contributed by atoms with Crippen molar-refractivity contribution in [3.63, 3.8) is 0 Å². The smallest absolute Gasteiger partial charge is 0.0896 e. The van der Waals surface area contributed by atoms with Crippen molar-refractivity contribution in [2.75, 3.05) is 0 Å². The first-order valence-corrected chi connectivity index (χ1v) is 17.9. The van der Waals surface area contributed by atoms with Crippen LogP contribution in [0.5, 0.6) is 0 Å². The summed E-state index contributed by atoms with van der Waals surface area (Å²) in [5, 5.41) is 2.52. The molecular weight excluding hydrogens is 579 g/mol. The summed E-state index contributed by atoms with van der Waals surface area (Å²) in [4.78, 5) is 0. The van der Waals surface area contributed by atoms with E-state index in [-0.39, 0.29) is 35.7 Å². The van der Waals surface area contributed by atoms with Gasteiger partial charge in [0.15, 0.2) is 0 Å². The van der Waals surface area contributed by atoms with E-state index in [1.165, 1.54) is 27.5 Å². The molecule has 188 valence electrons. The van der Waals surface area contributed by atoms with Gasteiger partial charge >= 0.3 is 41.9 Å². The van der Waals surface area contributed by atoms with Crippen LogP contribution in [0.3, 0.4) is 0 Å². The van der Waals surface area contributed by atoms with E-state index in [9.17, 15) is 0 Å². The number of hydrogen-bond donors (Lipinski definition) is 0. The van der Waals surface area contributed by atoms with Crippen LogP contribution in [0.25, 0.3) is 33.2 Å². The molecule has 1 heterocycles. The van der Waals surface area contributed by atoms with Crippen LogP contribution >= 0.6 is 24.8 Å². The third kappa shape index (κ3) is 9.42. The van der Waals surface area contributed by atoms with Crippen molar-refractivity contribution < 1.29 is 27.8 Å². The molecule has 1 aromatic heterocycles. The van der Waals surface area contributed by atoms with Crippen molar-refractivity contribution in [3.05, 3.63) is 102 Å². The van der Waals surface area contributed by atoms with Gasteiger partial charge in [0, 0.05) is 0 Å². The molecule has 1 nitrogen and oxygen atoms in total. The first kappa shape index (κ1) is 32.5. The van der Waals surface area contributed by atoms with Crippen LogP contribution < -0.4 is 0 Å². The Labute approximate surface area is 244 Å². The fourth-order valence-electron chi connectivity index (χ4n) is 3.71. The molecule has 1 aliphatic carbocycles. The zero-order chi connectivity index (χ0) is 24.7. The van der Waals surface area contributed by atoms with Crippen LogP contribution in [-0.4, -0.2) is 5.43 Å². The van der Waals surface area contributed by atoms with E-state index in [0.717, 1.165) is 23.5 Å². The molecular formula is C31H36Cl2OSiZr. The minimum atomic E-state index is 0. The van der Waals surface area contributed by atoms with Crippen LogP contribution in [0.2, 0.25) is 13.1 Å². The molecule has 0 N–H and O–H groups in total. The fourth-order valence-corrected chi connectivity index (χ4v) is 3.71. The topological polar surface area (TPSA) is 13.1 Å². The summed E-state index contributed by atoms with van der Waals surface area (Å²) in [5.41, 5.74) is 5.41. The van der Waals surface area contributed by atoms with Gasteiger partial charge in [0.25, 0.3) is 0 Å². The molecule has 0 saturated carbocycles. The number of halogens is 2. The van der Waals surface area contributed by atoms with Gasteiger partial charge in [-0.1, -0.05) is 68.3 Å². The molecule has 0 amide bonds. The Balaban J connectivity index is 0.000000504. The van der Waals surface area contributed by atoms with Gasteiger partial charge in [-0.2, -0.15) is 6.08 Å². The molecule has 0 saturated heterocycles. The van der Waals surface area contributed by atoms with Gasteiger partial charge in [-0.15, -0.1) is 60.2 Å². The Hall–Kier alpha value is -1.51. The van der Waals surface area contributed by atoms with Crippen LogP contribution in [0, 0.1) is 13.0 Å². The molecule has 4 aromatic rings. The van der Waals surface area contributed by atoms with Gasteiger partial charge in [-0.05, 0) is 35.6 Å². The van der Waals surface area contributed by atoms with Crippen LogP contribution in [0.15, 0.2) is 89.4 Å². The second-order valence-corrected chi connectivity index (χ2v) is 19.2. The monoisotopic (exact) mass is 612 g/mol. The SMILES string of the molecule is C[Si](C)=[Zr+2].Cc1ccc(-c2cc3c(-c4ccc(C(C)(C)C)cc4)cccc3[cH-]2)o1.Cl.Cl.[C-]1=CC=CC1. The number of allylic oxidation sites excluding steroid dienone is 4. The maximum Gasteiger partial charge on any atom is 0.0896 e. The predicted octanol–water partition coefficient (Wildman–Crippen LogP) is 10.0. The van der Waals surface area contributed by atoms with Crippen molar-refractivity contribution in [3.8, 4) is 22.5 Å². The van der Waals surface area contributed by atoms with Gasteiger partial charge in [-0.25, -0.2) is 12.2 Å². The van der Waals surface area contributed by atoms with E-state index in [4.69, 9.17) is 4.42 Å². The van der Waals surface area contributed by atoms with Crippen LogP contribution in [0.4, 0.5) is 0 Å². The Morgan fingerprint density at radius 3 is 2.11 bits per heavy atom. The number of aryl methyl sites for hydroxylation is 1. The third-order valence-corrected chi connectivity index (χ3v) is 5.42. The summed E-state index contributed by atoms with van der Waals surface area (Å²) in [6, 6.07) is 24.0. The van der Waals surface area contributed by atoms with Crippen molar-refractivity contribution in [2.45, 2.75) is 52.6 Å². The normalized spacial score (nSPS) is 11.6. The van der Waals surface area contributed by atoms with Crippen LogP contribution in [0.1, 0.15) is 38.5 Å². The Kier molecular flexibility index (Phi) is 13.6. The molecule has 5 heteroatoms. The average Bonchev–Trinajstić information content (AvgIpc) is 3.54. The van der Waals surface area contributed by atoms with E-state index in [0.29, 0.717) is 0 Å². The maximum absolute atomic E-state index is 5.80. The van der Waals surface area contributed by atoms with E-state index in [2.05, 4.69) is 101 Å². The first-order valence-electron chi connectivity index (χ1n) is 11.8. The molecule has 36 heavy (non-hydrogen) atoms. The molecule has 0 aliphatic heterocycles.